The molecule has 0 bridgehead atoms. The summed E-state index contributed by atoms with van der Waals surface area (Å²) in [6.45, 7) is -1.70. The first-order valence-electron chi connectivity index (χ1n) is 3.12. The molecular formula is C4H9I. The third-order valence-electron chi connectivity index (χ3n) is 0.310. The topological polar surface area (TPSA) is 0 Å². The molecule has 0 rings (SSSR count). The van der Waals surface area contributed by atoms with Crippen molar-refractivity contribution in [3.05, 3.63) is 0 Å². The summed E-state index contributed by atoms with van der Waals surface area (Å²) in [5, 5.41) is 0. The van der Waals surface area contributed by atoms with E-state index in [2.05, 4.69) is 22.6 Å². The van der Waals surface area contributed by atoms with Crippen LogP contribution in [0.3, 0.4) is 0 Å². The molecule has 0 aliphatic rings. The molecule has 0 fully saturated rings. The third-order valence-corrected chi connectivity index (χ3v) is 1.07. The van der Waals surface area contributed by atoms with Crippen LogP contribution in [0.15, 0.2) is 0 Å². The quantitative estimate of drug-likeness (QED) is 0.459. The van der Waals surface area contributed by atoms with Gasteiger partial charge in [0.2, 0.25) is 0 Å². The van der Waals surface area contributed by atoms with Gasteiger partial charge in [-0.05, 0) is 10.8 Å². The van der Waals surface area contributed by atoms with Gasteiger partial charge in [0.1, 0.15) is 0 Å². The minimum Gasteiger partial charge on any atom is -0.0864 e. The lowest BCUT2D eigenvalue weighted by Gasteiger charge is -1.77. The second kappa shape index (κ2) is 4.73. The van der Waals surface area contributed by atoms with Gasteiger partial charge in [-0.2, -0.15) is 0 Å². The Balaban J connectivity index is 3.11. The Bertz CT molecular complexity index is 58.8. The van der Waals surface area contributed by atoms with Gasteiger partial charge in [-0.3, -0.25) is 0 Å². The van der Waals surface area contributed by atoms with E-state index < -0.39 is 6.85 Å². The van der Waals surface area contributed by atoms with Crippen LogP contribution in [0.1, 0.15) is 23.8 Å². The zero-order valence-electron chi connectivity index (χ0n) is 6.00. The molecule has 0 amide bonds. The van der Waals surface area contributed by atoms with Crippen molar-refractivity contribution in [3.63, 3.8) is 0 Å². The molecule has 0 atom stereocenters. The highest BCUT2D eigenvalue weighted by molar-refractivity contribution is 14.1. The van der Waals surface area contributed by atoms with Gasteiger partial charge in [0.25, 0.3) is 0 Å². The van der Waals surface area contributed by atoms with Gasteiger partial charge >= 0.3 is 0 Å². The Hall–Kier alpha value is 0.730. The van der Waals surface area contributed by atoms with Crippen molar-refractivity contribution in [2.45, 2.75) is 19.7 Å². The normalized spacial score (nSPS) is 19.8. The molecule has 0 radical (unpaired) electrons. The average molecular weight is 187 g/mol. The summed E-state index contributed by atoms with van der Waals surface area (Å²) in [5.41, 5.74) is 0. The summed E-state index contributed by atoms with van der Waals surface area (Å²) in [5.74, 6) is 0. The van der Waals surface area contributed by atoms with Crippen molar-refractivity contribution in [1.29, 1.82) is 0 Å². The fourth-order valence-corrected chi connectivity index (χ4v) is 0.448. The van der Waals surface area contributed by atoms with E-state index in [1.807, 2.05) is 0 Å². The van der Waals surface area contributed by atoms with Crippen molar-refractivity contribution in [1.82, 2.24) is 0 Å². The van der Waals surface area contributed by atoms with Gasteiger partial charge in [0.15, 0.2) is 0 Å². The van der Waals surface area contributed by atoms with E-state index in [0.29, 0.717) is 6.42 Å². The van der Waals surface area contributed by atoms with Crippen LogP contribution in [-0.2, 0) is 0 Å². The molecule has 5 heavy (non-hydrogen) atoms. The second-order valence-corrected chi connectivity index (χ2v) is 1.87. The highest BCUT2D eigenvalue weighted by atomic mass is 127. The lowest BCUT2D eigenvalue weighted by atomic mass is 10.4. The summed E-state index contributed by atoms with van der Waals surface area (Å²) in [6.07, 6.45) is 1.16. The summed E-state index contributed by atoms with van der Waals surface area (Å²) in [7, 11) is 0. The van der Waals surface area contributed by atoms with E-state index in [1.165, 1.54) is 0 Å². The van der Waals surface area contributed by atoms with Gasteiger partial charge in [-0.15, -0.1) is 0 Å². The molecule has 0 aromatic heterocycles. The molecule has 1 heteroatoms. The van der Waals surface area contributed by atoms with Gasteiger partial charge in [-0.1, -0.05) is 35.9 Å². The fraction of sp³-hybridized carbons (Fsp3) is 1.00. The maximum atomic E-state index is 6.77. The molecule has 0 spiro atoms. The lowest BCUT2D eigenvalue weighted by Crippen LogP contribution is -1.64. The Morgan fingerprint density at radius 2 is 2.80 bits per heavy atom. The van der Waals surface area contributed by atoms with Crippen LogP contribution < -0.4 is 0 Å². The monoisotopic (exact) mass is 187 g/mol. The predicted molar refractivity (Wildman–Crippen MR) is 33.8 cm³/mol. The van der Waals surface area contributed by atoms with Crippen molar-refractivity contribution in [3.8, 4) is 0 Å². The van der Waals surface area contributed by atoms with Crippen molar-refractivity contribution in [2.24, 2.45) is 0 Å². The Labute approximate surface area is 51.3 Å². The first kappa shape index (κ1) is 2.15. The van der Waals surface area contributed by atoms with E-state index >= 15 is 0 Å². The molecule has 0 aliphatic heterocycles. The molecule has 0 unspecified atom stereocenters. The van der Waals surface area contributed by atoms with Crippen LogP contribution in [0, 0.1) is 0 Å². The lowest BCUT2D eigenvalue weighted by molar-refractivity contribution is 0.907. The third kappa shape index (κ3) is 4.73. The number of hydrogen-bond donors (Lipinski definition) is 0. The molecule has 0 aromatic carbocycles. The maximum Gasteiger partial charge on any atom is 0.0230 e. The molecule has 0 aromatic rings. The first-order valence-corrected chi connectivity index (χ1v) is 3.15. The minimum absolute atomic E-state index is 0.357. The summed E-state index contributed by atoms with van der Waals surface area (Å²) in [4.78, 5) is 0. The molecule has 0 saturated heterocycles. The molecule has 0 aliphatic carbocycles. The second-order valence-electron chi connectivity index (χ2n) is 0.793. The number of rotatable bonds is 2. The fourth-order valence-electron chi connectivity index (χ4n) is 0.0668. The smallest absolute Gasteiger partial charge is 0.0230 e. The van der Waals surface area contributed by atoms with E-state index in [1.54, 1.807) is 0 Å². The zero-order chi connectivity index (χ0) is 6.62. The summed E-state index contributed by atoms with van der Waals surface area (Å²) in [6, 6.07) is 0. The number of halogens is 1. The highest BCUT2D eigenvalue weighted by Gasteiger charge is 1.69. The molecule has 0 saturated carbocycles. The van der Waals surface area contributed by atoms with E-state index in [0.717, 1.165) is 10.8 Å². The van der Waals surface area contributed by atoms with Crippen LogP contribution in [0.5, 0.6) is 0 Å². The Morgan fingerprint density at radius 3 is 3.00 bits per heavy atom. The summed E-state index contributed by atoms with van der Waals surface area (Å²) < 4.78 is 21.2. The predicted octanol–water partition coefficient (Wildman–Crippen LogP) is 2.22. The van der Waals surface area contributed by atoms with Gasteiger partial charge in [0, 0.05) is 4.11 Å². The first-order chi connectivity index (χ1) is 3.56. The molecule has 0 heterocycles. The van der Waals surface area contributed by atoms with Gasteiger partial charge < -0.3 is 0 Å². The van der Waals surface area contributed by atoms with E-state index in [-0.39, 0.29) is 0 Å². The van der Waals surface area contributed by atoms with Crippen molar-refractivity contribution >= 4 is 22.6 Å². The number of hydrogen-bond acceptors (Lipinski definition) is 0. The standard InChI is InChI=1S/C4H9I/c1-2-3-4-5/h2-4H2,1H3/i1D3. The molecule has 0 nitrogen and oxygen atoms in total. The SMILES string of the molecule is [2H]C([2H])([2H])CCCI. The minimum atomic E-state index is -1.70. The van der Waals surface area contributed by atoms with Crippen molar-refractivity contribution < 1.29 is 4.11 Å². The molecule has 0 N–H and O–H groups in total. The van der Waals surface area contributed by atoms with Crippen LogP contribution >= 0.6 is 22.6 Å². The van der Waals surface area contributed by atoms with E-state index in [9.17, 15) is 0 Å². The largest absolute Gasteiger partial charge is 0.0864 e. The molecule has 32 valence electrons. The summed E-state index contributed by atoms with van der Waals surface area (Å²) >= 11 is 2.18. The van der Waals surface area contributed by atoms with E-state index in [4.69, 9.17) is 4.11 Å². The zero-order valence-corrected chi connectivity index (χ0v) is 5.16. The average Bonchev–Trinajstić information content (AvgIpc) is 1.59. The Morgan fingerprint density at radius 1 is 2.00 bits per heavy atom. The van der Waals surface area contributed by atoms with Gasteiger partial charge in [-0.25, -0.2) is 0 Å². The maximum absolute atomic E-state index is 6.77. The Kier molecular flexibility index (Phi) is 2.03. The van der Waals surface area contributed by atoms with Crippen LogP contribution in [-0.4, -0.2) is 4.43 Å². The van der Waals surface area contributed by atoms with Crippen molar-refractivity contribution in [2.75, 3.05) is 4.43 Å². The number of alkyl halides is 1. The molecular weight excluding hydrogens is 175 g/mol. The van der Waals surface area contributed by atoms with Crippen LogP contribution in [0.4, 0.5) is 0 Å². The van der Waals surface area contributed by atoms with Crippen LogP contribution in [0.2, 0.25) is 0 Å². The van der Waals surface area contributed by atoms with Crippen LogP contribution in [0.25, 0.3) is 0 Å². The highest BCUT2D eigenvalue weighted by Crippen LogP contribution is 1.90. The van der Waals surface area contributed by atoms with Gasteiger partial charge in [0.05, 0.1) is 0 Å².